The molecule has 1 saturated heterocycles. The second-order valence-electron chi connectivity index (χ2n) is 4.26. The molecule has 1 aromatic rings. The minimum absolute atomic E-state index is 0.114. The van der Waals surface area contributed by atoms with E-state index in [4.69, 9.17) is 10.5 Å². The lowest BCUT2D eigenvalue weighted by molar-refractivity contribution is 0.1000. The molecule has 0 unspecified atom stereocenters. The molecule has 0 bridgehead atoms. The van der Waals surface area contributed by atoms with Gasteiger partial charge in [-0.1, -0.05) is 18.2 Å². The van der Waals surface area contributed by atoms with Gasteiger partial charge >= 0.3 is 0 Å². The molecule has 0 aromatic heterocycles. The highest BCUT2D eigenvalue weighted by Gasteiger charge is 2.17. The summed E-state index contributed by atoms with van der Waals surface area (Å²) in [6.07, 6.45) is 2.30. The van der Waals surface area contributed by atoms with Gasteiger partial charge in [-0.3, -0.25) is 0 Å². The van der Waals surface area contributed by atoms with Crippen LogP contribution in [-0.2, 0) is 4.74 Å². The van der Waals surface area contributed by atoms with E-state index in [1.165, 1.54) is 10.5 Å². The minimum atomic E-state index is 0.114. The third kappa shape index (κ3) is 3.00. The molecule has 0 radical (unpaired) electrons. The molecule has 0 saturated carbocycles. The highest BCUT2D eigenvalue weighted by atomic mass is 32.2. The van der Waals surface area contributed by atoms with Gasteiger partial charge in [0, 0.05) is 29.4 Å². The van der Waals surface area contributed by atoms with E-state index in [1.54, 1.807) is 0 Å². The van der Waals surface area contributed by atoms with E-state index in [0.717, 1.165) is 26.1 Å². The van der Waals surface area contributed by atoms with Crippen LogP contribution in [0.1, 0.15) is 31.4 Å². The average molecular weight is 237 g/mol. The summed E-state index contributed by atoms with van der Waals surface area (Å²) in [5.74, 6) is 0. The van der Waals surface area contributed by atoms with E-state index in [9.17, 15) is 0 Å². The Kier molecular flexibility index (Phi) is 4.27. The molecule has 2 N–H and O–H groups in total. The SMILES string of the molecule is C[C@H](N)c1ccccc1SC1CCOCC1. The van der Waals surface area contributed by atoms with Gasteiger partial charge in [0.2, 0.25) is 0 Å². The fourth-order valence-corrected chi connectivity index (χ4v) is 3.27. The molecule has 16 heavy (non-hydrogen) atoms. The van der Waals surface area contributed by atoms with Crippen molar-refractivity contribution in [1.82, 2.24) is 0 Å². The van der Waals surface area contributed by atoms with Crippen LogP contribution in [-0.4, -0.2) is 18.5 Å². The standard InChI is InChI=1S/C13H19NOS/c1-10(14)12-4-2-3-5-13(12)16-11-6-8-15-9-7-11/h2-5,10-11H,6-9,14H2,1H3/t10-/m0/s1. The van der Waals surface area contributed by atoms with Crippen molar-refractivity contribution in [3.05, 3.63) is 29.8 Å². The van der Waals surface area contributed by atoms with Gasteiger partial charge < -0.3 is 10.5 Å². The van der Waals surface area contributed by atoms with Crippen LogP contribution in [0.15, 0.2) is 29.2 Å². The van der Waals surface area contributed by atoms with Gasteiger partial charge in [0.15, 0.2) is 0 Å². The molecule has 0 aliphatic carbocycles. The topological polar surface area (TPSA) is 35.2 Å². The third-order valence-corrected chi connectivity index (χ3v) is 4.30. The number of hydrogen-bond acceptors (Lipinski definition) is 3. The van der Waals surface area contributed by atoms with Crippen LogP contribution in [0.25, 0.3) is 0 Å². The van der Waals surface area contributed by atoms with Crippen molar-refractivity contribution in [2.75, 3.05) is 13.2 Å². The molecule has 1 aliphatic heterocycles. The zero-order valence-corrected chi connectivity index (χ0v) is 10.5. The predicted octanol–water partition coefficient (Wildman–Crippen LogP) is 2.98. The largest absolute Gasteiger partial charge is 0.381 e. The Morgan fingerprint density at radius 1 is 1.31 bits per heavy atom. The molecule has 2 rings (SSSR count). The number of benzene rings is 1. The van der Waals surface area contributed by atoms with E-state index in [2.05, 4.69) is 24.3 Å². The molecule has 0 spiro atoms. The molecular weight excluding hydrogens is 218 g/mol. The Bertz CT molecular complexity index is 334. The molecule has 2 nitrogen and oxygen atoms in total. The first kappa shape index (κ1) is 12.0. The molecule has 1 heterocycles. The Balaban J connectivity index is 2.07. The lowest BCUT2D eigenvalue weighted by atomic mass is 10.1. The lowest BCUT2D eigenvalue weighted by Crippen LogP contribution is -2.18. The number of rotatable bonds is 3. The van der Waals surface area contributed by atoms with Gasteiger partial charge in [-0.25, -0.2) is 0 Å². The van der Waals surface area contributed by atoms with Crippen LogP contribution in [0, 0.1) is 0 Å². The van der Waals surface area contributed by atoms with E-state index >= 15 is 0 Å². The maximum absolute atomic E-state index is 5.98. The van der Waals surface area contributed by atoms with E-state index < -0.39 is 0 Å². The highest BCUT2D eigenvalue weighted by Crippen LogP contribution is 2.33. The van der Waals surface area contributed by atoms with Gasteiger partial charge in [-0.05, 0) is 31.4 Å². The molecule has 1 aromatic carbocycles. The van der Waals surface area contributed by atoms with Crippen molar-refractivity contribution < 1.29 is 4.74 Å². The smallest absolute Gasteiger partial charge is 0.0476 e. The lowest BCUT2D eigenvalue weighted by Gasteiger charge is -2.23. The zero-order valence-electron chi connectivity index (χ0n) is 9.69. The minimum Gasteiger partial charge on any atom is -0.381 e. The molecule has 1 fully saturated rings. The maximum atomic E-state index is 5.98. The summed E-state index contributed by atoms with van der Waals surface area (Å²) in [5.41, 5.74) is 7.24. The molecular formula is C13H19NOS. The van der Waals surface area contributed by atoms with Crippen molar-refractivity contribution in [3.63, 3.8) is 0 Å². The first-order valence-corrected chi connectivity index (χ1v) is 6.74. The maximum Gasteiger partial charge on any atom is 0.0476 e. The fourth-order valence-electron chi connectivity index (χ4n) is 1.94. The third-order valence-electron chi connectivity index (χ3n) is 2.87. The Labute approximate surface area is 102 Å². The van der Waals surface area contributed by atoms with E-state index in [0.29, 0.717) is 5.25 Å². The average Bonchev–Trinajstić information content (AvgIpc) is 2.31. The van der Waals surface area contributed by atoms with Crippen molar-refractivity contribution in [1.29, 1.82) is 0 Å². The van der Waals surface area contributed by atoms with Crippen molar-refractivity contribution in [2.24, 2.45) is 5.73 Å². The highest BCUT2D eigenvalue weighted by molar-refractivity contribution is 8.00. The van der Waals surface area contributed by atoms with Crippen LogP contribution in [0.2, 0.25) is 0 Å². The Morgan fingerprint density at radius 3 is 2.69 bits per heavy atom. The van der Waals surface area contributed by atoms with Gasteiger partial charge in [-0.2, -0.15) is 0 Å². The molecule has 0 amide bonds. The van der Waals surface area contributed by atoms with Crippen LogP contribution < -0.4 is 5.73 Å². The molecule has 3 heteroatoms. The Morgan fingerprint density at radius 2 is 2.00 bits per heavy atom. The van der Waals surface area contributed by atoms with Crippen molar-refractivity contribution >= 4 is 11.8 Å². The first-order valence-electron chi connectivity index (χ1n) is 5.86. The summed E-state index contributed by atoms with van der Waals surface area (Å²) in [5, 5.41) is 0.689. The fraction of sp³-hybridized carbons (Fsp3) is 0.538. The number of nitrogens with two attached hydrogens (primary N) is 1. The number of ether oxygens (including phenoxy) is 1. The molecule has 1 aliphatic rings. The van der Waals surface area contributed by atoms with E-state index in [-0.39, 0.29) is 6.04 Å². The summed E-state index contributed by atoms with van der Waals surface area (Å²) in [4.78, 5) is 1.34. The molecule has 1 atom stereocenters. The summed E-state index contributed by atoms with van der Waals surface area (Å²) < 4.78 is 5.38. The van der Waals surface area contributed by atoms with Gasteiger partial charge in [0.1, 0.15) is 0 Å². The van der Waals surface area contributed by atoms with Crippen molar-refractivity contribution in [3.8, 4) is 0 Å². The normalized spacial score (nSPS) is 19.6. The second kappa shape index (κ2) is 5.71. The van der Waals surface area contributed by atoms with Gasteiger partial charge in [0.25, 0.3) is 0 Å². The summed E-state index contributed by atoms with van der Waals surface area (Å²) in [6, 6.07) is 8.58. The Hall–Kier alpha value is -0.510. The number of thioether (sulfide) groups is 1. The molecule has 88 valence electrons. The van der Waals surface area contributed by atoms with Crippen LogP contribution in [0.3, 0.4) is 0 Å². The van der Waals surface area contributed by atoms with Crippen molar-refractivity contribution in [2.45, 2.75) is 36.0 Å². The predicted molar refractivity (Wildman–Crippen MR) is 68.7 cm³/mol. The van der Waals surface area contributed by atoms with Gasteiger partial charge in [0.05, 0.1) is 0 Å². The van der Waals surface area contributed by atoms with Gasteiger partial charge in [-0.15, -0.1) is 11.8 Å². The monoisotopic (exact) mass is 237 g/mol. The quantitative estimate of drug-likeness (QED) is 0.877. The number of hydrogen-bond donors (Lipinski definition) is 1. The zero-order chi connectivity index (χ0) is 11.4. The summed E-state index contributed by atoms with van der Waals surface area (Å²) in [7, 11) is 0. The summed E-state index contributed by atoms with van der Waals surface area (Å²) >= 11 is 1.96. The van der Waals surface area contributed by atoms with Crippen LogP contribution in [0.5, 0.6) is 0 Å². The second-order valence-corrected chi connectivity index (χ2v) is 5.60. The van der Waals surface area contributed by atoms with E-state index in [1.807, 2.05) is 18.7 Å². The first-order chi connectivity index (χ1) is 7.77. The van der Waals surface area contributed by atoms with Crippen LogP contribution >= 0.6 is 11.8 Å². The van der Waals surface area contributed by atoms with Crippen LogP contribution in [0.4, 0.5) is 0 Å². The summed E-state index contributed by atoms with van der Waals surface area (Å²) in [6.45, 7) is 3.85.